The summed E-state index contributed by atoms with van der Waals surface area (Å²) in [5.41, 5.74) is 0.977. The van der Waals surface area contributed by atoms with Crippen LogP contribution in [0.2, 0.25) is 0 Å². The van der Waals surface area contributed by atoms with Gasteiger partial charge in [-0.15, -0.1) is 0 Å². The minimum absolute atomic E-state index is 0.0258. The Labute approximate surface area is 140 Å². The summed E-state index contributed by atoms with van der Waals surface area (Å²) in [6, 6.07) is 9.88. The molecule has 1 heterocycles. The molecule has 1 amide bonds. The number of ether oxygens (including phenoxy) is 1. The van der Waals surface area contributed by atoms with Crippen molar-refractivity contribution in [2.45, 2.75) is 26.3 Å². The molecule has 0 saturated heterocycles. The van der Waals surface area contributed by atoms with Crippen molar-refractivity contribution >= 4 is 11.9 Å². The van der Waals surface area contributed by atoms with E-state index >= 15 is 0 Å². The molecule has 1 unspecified atom stereocenters. The number of aromatic carboxylic acids is 1. The number of pyridine rings is 1. The highest BCUT2D eigenvalue weighted by atomic mass is 16.5. The molecular formula is C18H20N2O4. The molecule has 2 N–H and O–H groups in total. The van der Waals surface area contributed by atoms with Crippen molar-refractivity contribution in [3.63, 3.8) is 0 Å². The highest BCUT2D eigenvalue weighted by molar-refractivity contribution is 5.96. The van der Waals surface area contributed by atoms with E-state index in [1.165, 1.54) is 18.3 Å². The van der Waals surface area contributed by atoms with Crippen molar-refractivity contribution < 1.29 is 19.4 Å². The van der Waals surface area contributed by atoms with Gasteiger partial charge in [0.05, 0.1) is 18.2 Å². The summed E-state index contributed by atoms with van der Waals surface area (Å²) in [6.07, 6.45) is 1.97. The third kappa shape index (κ3) is 4.10. The Morgan fingerprint density at radius 1 is 1.25 bits per heavy atom. The summed E-state index contributed by atoms with van der Waals surface area (Å²) in [4.78, 5) is 27.4. The molecule has 0 fully saturated rings. The SMILES string of the molecule is CCOc1ccccc1C(CC)NC(=O)c1cc(C(=O)O)ccn1. The van der Waals surface area contributed by atoms with Crippen LogP contribution >= 0.6 is 0 Å². The van der Waals surface area contributed by atoms with Crippen LogP contribution in [-0.4, -0.2) is 28.6 Å². The van der Waals surface area contributed by atoms with Crippen LogP contribution in [0.25, 0.3) is 0 Å². The van der Waals surface area contributed by atoms with Gasteiger partial charge in [-0.25, -0.2) is 4.79 Å². The van der Waals surface area contributed by atoms with Gasteiger partial charge in [-0.2, -0.15) is 0 Å². The Morgan fingerprint density at radius 3 is 2.67 bits per heavy atom. The molecule has 6 heteroatoms. The van der Waals surface area contributed by atoms with Crippen LogP contribution in [0.3, 0.4) is 0 Å². The van der Waals surface area contributed by atoms with Gasteiger partial charge in [0.2, 0.25) is 0 Å². The lowest BCUT2D eigenvalue weighted by Gasteiger charge is -2.20. The first-order valence-corrected chi connectivity index (χ1v) is 7.78. The lowest BCUT2D eigenvalue weighted by atomic mass is 10.0. The maximum atomic E-state index is 12.4. The zero-order valence-electron chi connectivity index (χ0n) is 13.7. The zero-order chi connectivity index (χ0) is 17.5. The summed E-state index contributed by atoms with van der Waals surface area (Å²) in [5.74, 6) is -0.796. The monoisotopic (exact) mass is 328 g/mol. The number of benzene rings is 1. The maximum Gasteiger partial charge on any atom is 0.335 e. The Kier molecular flexibility index (Phi) is 5.89. The average Bonchev–Trinajstić information content (AvgIpc) is 2.60. The number of nitrogens with zero attached hydrogens (tertiary/aromatic N) is 1. The molecule has 0 aliphatic rings. The van der Waals surface area contributed by atoms with Crippen LogP contribution < -0.4 is 10.1 Å². The number of hydrogen-bond acceptors (Lipinski definition) is 4. The first kappa shape index (κ1) is 17.5. The standard InChI is InChI=1S/C18H20N2O4/c1-3-14(13-7-5-6-8-16(13)24-4-2)20-17(21)15-11-12(18(22)23)9-10-19-15/h5-11,14H,3-4H2,1-2H3,(H,20,21)(H,22,23). The molecule has 6 nitrogen and oxygen atoms in total. The number of aromatic nitrogens is 1. The van der Waals surface area contributed by atoms with Gasteiger partial charge < -0.3 is 15.2 Å². The van der Waals surface area contributed by atoms with Crippen LogP contribution in [-0.2, 0) is 0 Å². The highest BCUT2D eigenvalue weighted by Crippen LogP contribution is 2.27. The van der Waals surface area contributed by atoms with Gasteiger partial charge in [0.1, 0.15) is 11.4 Å². The number of carbonyl (C=O) groups excluding carboxylic acids is 1. The van der Waals surface area contributed by atoms with Gasteiger partial charge in [-0.3, -0.25) is 9.78 Å². The normalized spacial score (nSPS) is 11.6. The predicted octanol–water partition coefficient (Wildman–Crippen LogP) is 3.06. The Morgan fingerprint density at radius 2 is 2.00 bits per heavy atom. The van der Waals surface area contributed by atoms with E-state index in [0.717, 1.165) is 11.3 Å². The topological polar surface area (TPSA) is 88.5 Å². The van der Waals surface area contributed by atoms with Gasteiger partial charge in [0.25, 0.3) is 5.91 Å². The lowest BCUT2D eigenvalue weighted by molar-refractivity contribution is 0.0696. The molecule has 2 aromatic rings. The molecule has 0 saturated carbocycles. The molecule has 1 aromatic carbocycles. The van der Waals surface area contributed by atoms with Crippen LogP contribution in [0.5, 0.6) is 5.75 Å². The number of carboxylic acids is 1. The van der Waals surface area contributed by atoms with Gasteiger partial charge in [-0.05, 0) is 31.5 Å². The number of carbonyl (C=O) groups is 2. The van der Waals surface area contributed by atoms with E-state index in [1.807, 2.05) is 38.1 Å². The van der Waals surface area contributed by atoms with E-state index in [4.69, 9.17) is 9.84 Å². The molecule has 1 atom stereocenters. The maximum absolute atomic E-state index is 12.4. The van der Waals surface area contributed by atoms with Crippen LogP contribution in [0.4, 0.5) is 0 Å². The number of para-hydroxylation sites is 1. The summed E-state index contributed by atoms with van der Waals surface area (Å²) in [5, 5.41) is 11.9. The predicted molar refractivity (Wildman–Crippen MR) is 89.3 cm³/mol. The molecule has 0 bridgehead atoms. The average molecular weight is 328 g/mol. The fraction of sp³-hybridized carbons (Fsp3) is 0.278. The lowest BCUT2D eigenvalue weighted by Crippen LogP contribution is -2.29. The van der Waals surface area contributed by atoms with Gasteiger partial charge in [0, 0.05) is 11.8 Å². The minimum atomic E-state index is -1.10. The van der Waals surface area contributed by atoms with E-state index in [0.29, 0.717) is 13.0 Å². The molecule has 0 spiro atoms. The second-order valence-corrected chi connectivity index (χ2v) is 5.14. The fourth-order valence-corrected chi connectivity index (χ4v) is 2.38. The van der Waals surface area contributed by atoms with E-state index < -0.39 is 11.9 Å². The van der Waals surface area contributed by atoms with Crippen molar-refractivity contribution in [1.82, 2.24) is 10.3 Å². The van der Waals surface area contributed by atoms with Crippen LogP contribution in [0.15, 0.2) is 42.6 Å². The van der Waals surface area contributed by atoms with Crippen molar-refractivity contribution in [2.24, 2.45) is 0 Å². The smallest absolute Gasteiger partial charge is 0.335 e. The van der Waals surface area contributed by atoms with Crippen molar-refractivity contribution in [3.05, 3.63) is 59.4 Å². The van der Waals surface area contributed by atoms with Gasteiger partial charge in [-0.1, -0.05) is 25.1 Å². The number of hydrogen-bond donors (Lipinski definition) is 2. The van der Waals surface area contributed by atoms with Crippen molar-refractivity contribution in [1.29, 1.82) is 0 Å². The summed E-state index contributed by atoms with van der Waals surface area (Å²) < 4.78 is 5.61. The zero-order valence-corrected chi connectivity index (χ0v) is 13.7. The Hall–Kier alpha value is -2.89. The van der Waals surface area contributed by atoms with Crippen LogP contribution in [0, 0.1) is 0 Å². The first-order chi connectivity index (χ1) is 11.6. The molecule has 126 valence electrons. The Bertz CT molecular complexity index is 730. The number of rotatable bonds is 7. The molecule has 0 aliphatic carbocycles. The summed E-state index contributed by atoms with van der Waals surface area (Å²) in [6.45, 7) is 4.38. The fourth-order valence-electron chi connectivity index (χ4n) is 2.38. The molecule has 0 radical (unpaired) electrons. The quantitative estimate of drug-likeness (QED) is 0.815. The minimum Gasteiger partial charge on any atom is -0.494 e. The molecule has 2 rings (SSSR count). The highest BCUT2D eigenvalue weighted by Gasteiger charge is 2.19. The third-order valence-corrected chi connectivity index (χ3v) is 3.55. The van der Waals surface area contributed by atoms with Gasteiger partial charge in [0.15, 0.2) is 0 Å². The largest absolute Gasteiger partial charge is 0.494 e. The van der Waals surface area contributed by atoms with E-state index in [-0.39, 0.29) is 17.3 Å². The number of nitrogens with one attached hydrogen (secondary N) is 1. The van der Waals surface area contributed by atoms with E-state index in [1.54, 1.807) is 0 Å². The third-order valence-electron chi connectivity index (χ3n) is 3.55. The van der Waals surface area contributed by atoms with E-state index in [9.17, 15) is 9.59 Å². The number of carboxylic acid groups (broad SMARTS) is 1. The van der Waals surface area contributed by atoms with Gasteiger partial charge >= 0.3 is 5.97 Å². The Balaban J connectivity index is 2.23. The summed E-state index contributed by atoms with van der Waals surface area (Å²) >= 11 is 0. The summed E-state index contributed by atoms with van der Waals surface area (Å²) in [7, 11) is 0. The van der Waals surface area contributed by atoms with Crippen LogP contribution in [0.1, 0.15) is 52.7 Å². The first-order valence-electron chi connectivity index (χ1n) is 7.78. The van der Waals surface area contributed by atoms with Crippen molar-refractivity contribution in [3.8, 4) is 5.75 Å². The van der Waals surface area contributed by atoms with E-state index in [2.05, 4.69) is 10.3 Å². The second-order valence-electron chi connectivity index (χ2n) is 5.14. The number of amides is 1. The second kappa shape index (κ2) is 8.10. The molecule has 1 aromatic heterocycles. The molecular weight excluding hydrogens is 308 g/mol. The van der Waals surface area contributed by atoms with Crippen molar-refractivity contribution in [2.75, 3.05) is 6.61 Å². The molecule has 24 heavy (non-hydrogen) atoms. The molecule has 0 aliphatic heterocycles.